The summed E-state index contributed by atoms with van der Waals surface area (Å²) in [7, 11) is 0. The Morgan fingerprint density at radius 2 is 1.86 bits per heavy atom. The Labute approximate surface area is 134 Å². The number of hydrogen-bond acceptors (Lipinski definition) is 1. The zero-order chi connectivity index (χ0) is 15.6. The highest BCUT2D eigenvalue weighted by Crippen LogP contribution is 2.37. The maximum absolute atomic E-state index is 12.0. The molecule has 1 fully saturated rings. The number of hydrogen-bond donors (Lipinski definition) is 0. The highest BCUT2D eigenvalue weighted by molar-refractivity contribution is 5.29. The number of ether oxygens (including phenoxy) is 1. The molecule has 0 amide bonds. The molecule has 0 N–H and O–H groups in total. The highest BCUT2D eigenvalue weighted by atomic mass is 19.1. The molecule has 1 aliphatic rings. The third-order valence-electron chi connectivity index (χ3n) is 4.80. The molecule has 0 unspecified atom stereocenters. The van der Waals surface area contributed by atoms with Crippen molar-refractivity contribution in [1.82, 2.24) is 0 Å². The zero-order valence-electron chi connectivity index (χ0n) is 13.8. The van der Waals surface area contributed by atoms with Crippen molar-refractivity contribution in [1.29, 1.82) is 0 Å². The summed E-state index contributed by atoms with van der Waals surface area (Å²) in [4.78, 5) is 0. The molecule has 2 rings (SSSR count). The SMILES string of the molecule is CCCCOc1ccc(C2CCC(CC/C=C/F)CC2)cc1. The Kier molecular flexibility index (Phi) is 7.48. The van der Waals surface area contributed by atoms with E-state index in [2.05, 4.69) is 31.2 Å². The second-order valence-corrected chi connectivity index (χ2v) is 6.43. The van der Waals surface area contributed by atoms with E-state index in [9.17, 15) is 4.39 Å². The lowest BCUT2D eigenvalue weighted by molar-refractivity contribution is 0.306. The van der Waals surface area contributed by atoms with E-state index in [1.54, 1.807) is 6.08 Å². The molecular weight excluding hydrogens is 275 g/mol. The minimum absolute atomic E-state index is 0.676. The lowest BCUT2D eigenvalue weighted by Crippen LogP contribution is -2.13. The van der Waals surface area contributed by atoms with Crippen molar-refractivity contribution in [3.05, 3.63) is 42.2 Å². The summed E-state index contributed by atoms with van der Waals surface area (Å²) in [5.41, 5.74) is 1.45. The van der Waals surface area contributed by atoms with Crippen LogP contribution in [-0.2, 0) is 0 Å². The van der Waals surface area contributed by atoms with Gasteiger partial charge < -0.3 is 4.74 Å². The van der Waals surface area contributed by atoms with Crippen molar-refractivity contribution in [2.45, 2.75) is 64.2 Å². The van der Waals surface area contributed by atoms with Crippen LogP contribution in [-0.4, -0.2) is 6.61 Å². The molecule has 0 saturated heterocycles. The molecule has 2 heteroatoms. The third-order valence-corrected chi connectivity index (χ3v) is 4.80. The fraction of sp³-hybridized carbons (Fsp3) is 0.600. The van der Waals surface area contributed by atoms with Crippen LogP contribution in [0.4, 0.5) is 4.39 Å². The monoisotopic (exact) mass is 304 g/mol. The summed E-state index contributed by atoms with van der Waals surface area (Å²) in [5, 5.41) is 0. The van der Waals surface area contributed by atoms with Crippen LogP contribution >= 0.6 is 0 Å². The summed E-state index contributed by atoms with van der Waals surface area (Å²) in [6.45, 7) is 2.99. The first-order valence-corrected chi connectivity index (χ1v) is 8.81. The van der Waals surface area contributed by atoms with Crippen molar-refractivity contribution < 1.29 is 9.13 Å². The topological polar surface area (TPSA) is 9.23 Å². The first-order valence-electron chi connectivity index (χ1n) is 8.81. The van der Waals surface area contributed by atoms with E-state index in [4.69, 9.17) is 4.74 Å². The van der Waals surface area contributed by atoms with Gasteiger partial charge in [0.05, 0.1) is 12.9 Å². The van der Waals surface area contributed by atoms with Crippen LogP contribution in [0, 0.1) is 5.92 Å². The second-order valence-electron chi connectivity index (χ2n) is 6.43. The molecule has 1 saturated carbocycles. The third kappa shape index (κ3) is 5.47. The predicted molar refractivity (Wildman–Crippen MR) is 91.0 cm³/mol. The molecule has 122 valence electrons. The Balaban J connectivity index is 1.76. The Morgan fingerprint density at radius 3 is 2.50 bits per heavy atom. The summed E-state index contributed by atoms with van der Waals surface area (Å²) < 4.78 is 17.7. The molecule has 0 aliphatic heterocycles. The number of allylic oxidation sites excluding steroid dienone is 1. The molecule has 0 spiro atoms. The van der Waals surface area contributed by atoms with Gasteiger partial charge in [-0.25, -0.2) is 4.39 Å². The lowest BCUT2D eigenvalue weighted by Gasteiger charge is -2.28. The molecule has 0 aromatic heterocycles. The smallest absolute Gasteiger partial charge is 0.119 e. The van der Waals surface area contributed by atoms with E-state index in [1.807, 2.05) is 0 Å². The quantitative estimate of drug-likeness (QED) is 0.505. The van der Waals surface area contributed by atoms with Crippen molar-refractivity contribution in [2.24, 2.45) is 5.92 Å². The van der Waals surface area contributed by atoms with Crippen molar-refractivity contribution in [3.8, 4) is 5.75 Å². The van der Waals surface area contributed by atoms with Gasteiger partial charge in [-0.1, -0.05) is 31.6 Å². The lowest BCUT2D eigenvalue weighted by atomic mass is 9.77. The molecule has 0 radical (unpaired) electrons. The van der Waals surface area contributed by atoms with Crippen LogP contribution in [0.2, 0.25) is 0 Å². The molecule has 0 atom stereocenters. The average molecular weight is 304 g/mol. The van der Waals surface area contributed by atoms with Crippen molar-refractivity contribution >= 4 is 0 Å². The van der Waals surface area contributed by atoms with Crippen LogP contribution in [0.5, 0.6) is 5.75 Å². The van der Waals surface area contributed by atoms with Gasteiger partial charge in [-0.3, -0.25) is 0 Å². The van der Waals surface area contributed by atoms with Crippen LogP contribution in [0.1, 0.15) is 69.8 Å². The fourth-order valence-electron chi connectivity index (χ4n) is 3.35. The Bertz CT molecular complexity index is 430. The molecule has 1 aromatic carbocycles. The van der Waals surface area contributed by atoms with Crippen molar-refractivity contribution in [3.63, 3.8) is 0 Å². The molecule has 0 bridgehead atoms. The first kappa shape index (κ1) is 17.1. The molecule has 1 aromatic rings. The van der Waals surface area contributed by atoms with E-state index in [0.29, 0.717) is 12.2 Å². The van der Waals surface area contributed by atoms with Crippen molar-refractivity contribution in [2.75, 3.05) is 6.61 Å². The van der Waals surface area contributed by atoms with Crippen LogP contribution in [0.3, 0.4) is 0 Å². The summed E-state index contributed by atoms with van der Waals surface area (Å²) in [5.74, 6) is 2.46. The van der Waals surface area contributed by atoms with Gasteiger partial charge in [0.25, 0.3) is 0 Å². The van der Waals surface area contributed by atoms with Gasteiger partial charge in [-0.15, -0.1) is 0 Å². The zero-order valence-corrected chi connectivity index (χ0v) is 13.8. The molecule has 1 aliphatic carbocycles. The maximum Gasteiger partial charge on any atom is 0.119 e. The van der Waals surface area contributed by atoms with E-state index < -0.39 is 0 Å². The second kappa shape index (κ2) is 9.66. The average Bonchev–Trinajstić information content (AvgIpc) is 2.57. The first-order chi connectivity index (χ1) is 10.8. The predicted octanol–water partition coefficient (Wildman–Crippen LogP) is 6.40. The number of benzene rings is 1. The van der Waals surface area contributed by atoms with Crippen LogP contribution < -0.4 is 4.74 Å². The van der Waals surface area contributed by atoms with E-state index in [1.165, 1.54) is 37.7 Å². The normalized spacial score (nSPS) is 22.1. The number of halogens is 1. The van der Waals surface area contributed by atoms with Gasteiger partial charge in [0.2, 0.25) is 0 Å². The largest absolute Gasteiger partial charge is 0.494 e. The van der Waals surface area contributed by atoms with Gasteiger partial charge in [0, 0.05) is 0 Å². The Hall–Kier alpha value is -1.31. The Morgan fingerprint density at radius 1 is 1.14 bits per heavy atom. The summed E-state index contributed by atoms with van der Waals surface area (Å²) >= 11 is 0. The summed E-state index contributed by atoms with van der Waals surface area (Å²) in [6, 6.07) is 8.70. The molecule has 0 heterocycles. The van der Waals surface area contributed by atoms with Gasteiger partial charge in [-0.05, 0) is 74.5 Å². The summed E-state index contributed by atoms with van der Waals surface area (Å²) in [6.07, 6.45) is 11.7. The van der Waals surface area contributed by atoms with E-state index in [0.717, 1.165) is 37.5 Å². The van der Waals surface area contributed by atoms with Crippen LogP contribution in [0.25, 0.3) is 0 Å². The minimum atomic E-state index is 0.676. The maximum atomic E-state index is 12.0. The molecule has 1 nitrogen and oxygen atoms in total. The highest BCUT2D eigenvalue weighted by Gasteiger charge is 2.21. The molecular formula is C20H29FO. The van der Waals surface area contributed by atoms with Gasteiger partial charge in [0.15, 0.2) is 0 Å². The fourth-order valence-corrected chi connectivity index (χ4v) is 3.35. The van der Waals surface area contributed by atoms with Crippen LogP contribution in [0.15, 0.2) is 36.7 Å². The van der Waals surface area contributed by atoms with Gasteiger partial charge in [-0.2, -0.15) is 0 Å². The molecule has 22 heavy (non-hydrogen) atoms. The minimum Gasteiger partial charge on any atom is -0.494 e. The standard InChI is InChI=1S/C20H29FO/c1-2-3-16-22-20-13-11-19(12-14-20)18-9-7-17(8-10-18)6-4-5-15-21/h5,11-15,17-18H,2-4,6-10,16H2,1H3/b15-5+. The van der Waals surface area contributed by atoms with Gasteiger partial charge >= 0.3 is 0 Å². The van der Waals surface area contributed by atoms with Gasteiger partial charge in [0.1, 0.15) is 5.75 Å². The number of unbranched alkanes of at least 4 members (excludes halogenated alkanes) is 1. The number of rotatable bonds is 8. The van der Waals surface area contributed by atoms with E-state index >= 15 is 0 Å². The van der Waals surface area contributed by atoms with E-state index in [-0.39, 0.29) is 0 Å².